The van der Waals surface area contributed by atoms with Crippen molar-refractivity contribution in [1.82, 2.24) is 5.32 Å². The van der Waals surface area contributed by atoms with Crippen molar-refractivity contribution in [1.29, 1.82) is 0 Å². The van der Waals surface area contributed by atoms with E-state index in [0.717, 1.165) is 18.8 Å². The molecule has 2 rings (SSSR count). The molecule has 1 aliphatic carbocycles. The summed E-state index contributed by atoms with van der Waals surface area (Å²) in [6.07, 6.45) is 4.33. The predicted octanol–water partition coefficient (Wildman–Crippen LogP) is 0.952. The second kappa shape index (κ2) is 3.81. The highest BCUT2D eigenvalue weighted by atomic mass is 32.2. The van der Waals surface area contributed by atoms with Gasteiger partial charge in [-0.2, -0.15) is 0 Å². The molecule has 0 aromatic heterocycles. The lowest BCUT2D eigenvalue weighted by molar-refractivity contribution is 0.484. The highest BCUT2D eigenvalue weighted by molar-refractivity contribution is 7.92. The van der Waals surface area contributed by atoms with Gasteiger partial charge in [0.15, 0.2) is 9.84 Å². The number of sulfone groups is 1. The van der Waals surface area contributed by atoms with E-state index in [9.17, 15) is 8.42 Å². The molecule has 2 aliphatic rings. The molecule has 4 heteroatoms. The average Bonchev–Trinajstić information content (AvgIpc) is 2.88. The van der Waals surface area contributed by atoms with Crippen LogP contribution in [-0.2, 0) is 9.84 Å². The molecule has 1 saturated carbocycles. The van der Waals surface area contributed by atoms with E-state index >= 15 is 0 Å². The van der Waals surface area contributed by atoms with Crippen molar-refractivity contribution < 1.29 is 8.42 Å². The van der Waals surface area contributed by atoms with Crippen LogP contribution in [0.2, 0.25) is 0 Å². The molecule has 0 aromatic carbocycles. The zero-order chi connectivity index (χ0) is 10.2. The number of hydrogen-bond donors (Lipinski definition) is 1. The number of rotatable bonds is 4. The van der Waals surface area contributed by atoms with E-state index in [2.05, 4.69) is 12.2 Å². The van der Waals surface area contributed by atoms with Gasteiger partial charge in [0.1, 0.15) is 0 Å². The Bertz CT molecular complexity index is 295. The third-order valence-electron chi connectivity index (χ3n) is 3.46. The van der Waals surface area contributed by atoms with Crippen molar-refractivity contribution >= 4 is 9.84 Å². The third kappa shape index (κ3) is 2.28. The van der Waals surface area contributed by atoms with Crippen LogP contribution in [0.15, 0.2) is 0 Å². The van der Waals surface area contributed by atoms with Crippen LogP contribution in [0.3, 0.4) is 0 Å². The second-order valence-electron chi connectivity index (χ2n) is 4.67. The van der Waals surface area contributed by atoms with Crippen LogP contribution in [0.4, 0.5) is 0 Å². The fourth-order valence-corrected chi connectivity index (χ4v) is 3.95. The summed E-state index contributed by atoms with van der Waals surface area (Å²) < 4.78 is 23.0. The van der Waals surface area contributed by atoms with E-state index in [1.165, 1.54) is 12.8 Å². The minimum atomic E-state index is -2.75. The Morgan fingerprint density at radius 2 is 2.07 bits per heavy atom. The van der Waals surface area contributed by atoms with Crippen molar-refractivity contribution in [3.63, 3.8) is 0 Å². The van der Waals surface area contributed by atoms with Crippen LogP contribution in [0.25, 0.3) is 0 Å². The van der Waals surface area contributed by atoms with Crippen molar-refractivity contribution in [3.05, 3.63) is 0 Å². The van der Waals surface area contributed by atoms with E-state index in [-0.39, 0.29) is 5.25 Å². The van der Waals surface area contributed by atoms with Gasteiger partial charge in [-0.1, -0.05) is 0 Å². The van der Waals surface area contributed by atoms with Crippen molar-refractivity contribution in [3.8, 4) is 0 Å². The number of hydrogen-bond acceptors (Lipinski definition) is 3. The van der Waals surface area contributed by atoms with Gasteiger partial charge in [0, 0.05) is 12.6 Å². The molecule has 1 N–H and O–H groups in total. The smallest absolute Gasteiger partial charge is 0.154 e. The Kier molecular flexibility index (Phi) is 2.84. The lowest BCUT2D eigenvalue weighted by Gasteiger charge is -2.16. The maximum absolute atomic E-state index is 11.5. The maximum atomic E-state index is 11.5. The molecule has 1 aliphatic heterocycles. The molecular formula is C10H19NO2S. The molecule has 2 unspecified atom stereocenters. The van der Waals surface area contributed by atoms with Gasteiger partial charge in [0.2, 0.25) is 0 Å². The molecule has 0 amide bonds. The topological polar surface area (TPSA) is 46.2 Å². The fraction of sp³-hybridized carbons (Fsp3) is 1.00. The highest BCUT2D eigenvalue weighted by Crippen LogP contribution is 2.32. The highest BCUT2D eigenvalue weighted by Gasteiger charge is 2.33. The molecule has 0 aromatic rings. The molecule has 82 valence electrons. The van der Waals surface area contributed by atoms with Crippen LogP contribution >= 0.6 is 0 Å². The Labute approximate surface area is 86.2 Å². The first-order valence-corrected chi connectivity index (χ1v) is 7.26. The SMILES string of the molecule is CC(NCC1CCCS1(=O)=O)C1CC1. The normalized spacial score (nSPS) is 33.1. The van der Waals surface area contributed by atoms with Crippen LogP contribution in [0, 0.1) is 5.92 Å². The van der Waals surface area contributed by atoms with Gasteiger partial charge in [-0.05, 0) is 38.5 Å². The molecule has 0 spiro atoms. The Hall–Kier alpha value is -0.0900. The van der Waals surface area contributed by atoms with Gasteiger partial charge >= 0.3 is 0 Å². The van der Waals surface area contributed by atoms with Crippen molar-refractivity contribution in [2.75, 3.05) is 12.3 Å². The van der Waals surface area contributed by atoms with Gasteiger partial charge < -0.3 is 5.32 Å². The first kappa shape index (κ1) is 10.4. The molecule has 0 radical (unpaired) electrons. The Morgan fingerprint density at radius 3 is 2.57 bits per heavy atom. The maximum Gasteiger partial charge on any atom is 0.154 e. The largest absolute Gasteiger partial charge is 0.313 e. The van der Waals surface area contributed by atoms with Crippen LogP contribution in [0.1, 0.15) is 32.6 Å². The van der Waals surface area contributed by atoms with E-state index < -0.39 is 9.84 Å². The Balaban J connectivity index is 1.79. The van der Waals surface area contributed by atoms with Crippen LogP contribution in [-0.4, -0.2) is 32.0 Å². The summed E-state index contributed by atoms with van der Waals surface area (Å²) in [6.45, 7) is 2.83. The minimum absolute atomic E-state index is 0.108. The van der Waals surface area contributed by atoms with Gasteiger partial charge in [0.05, 0.1) is 11.0 Å². The average molecular weight is 217 g/mol. The molecule has 0 bridgehead atoms. The van der Waals surface area contributed by atoms with Gasteiger partial charge in [-0.15, -0.1) is 0 Å². The summed E-state index contributed by atoms with van der Waals surface area (Å²) in [5.41, 5.74) is 0. The molecule has 1 saturated heterocycles. The fourth-order valence-electron chi connectivity index (χ4n) is 2.17. The summed E-state index contributed by atoms with van der Waals surface area (Å²) >= 11 is 0. The van der Waals surface area contributed by atoms with Crippen LogP contribution in [0.5, 0.6) is 0 Å². The summed E-state index contributed by atoms with van der Waals surface area (Å²) in [6, 6.07) is 0.505. The third-order valence-corrected chi connectivity index (χ3v) is 5.74. The zero-order valence-corrected chi connectivity index (χ0v) is 9.52. The monoisotopic (exact) mass is 217 g/mol. The van der Waals surface area contributed by atoms with E-state index in [1.54, 1.807) is 0 Å². The first-order chi connectivity index (χ1) is 6.59. The van der Waals surface area contributed by atoms with Crippen LogP contribution < -0.4 is 5.32 Å². The quantitative estimate of drug-likeness (QED) is 0.762. The second-order valence-corrected chi connectivity index (χ2v) is 7.07. The molecule has 2 atom stereocenters. The molecular weight excluding hydrogens is 198 g/mol. The van der Waals surface area contributed by atoms with E-state index in [0.29, 0.717) is 18.3 Å². The molecule has 1 heterocycles. The minimum Gasteiger partial charge on any atom is -0.313 e. The van der Waals surface area contributed by atoms with Gasteiger partial charge in [-0.25, -0.2) is 8.42 Å². The molecule has 3 nitrogen and oxygen atoms in total. The van der Waals surface area contributed by atoms with Crippen molar-refractivity contribution in [2.24, 2.45) is 5.92 Å². The van der Waals surface area contributed by atoms with Gasteiger partial charge in [0.25, 0.3) is 0 Å². The summed E-state index contributed by atoms with van der Waals surface area (Å²) in [4.78, 5) is 0. The lowest BCUT2D eigenvalue weighted by atomic mass is 10.2. The summed E-state index contributed by atoms with van der Waals surface area (Å²) in [5.74, 6) is 1.20. The standard InChI is InChI=1S/C10H19NO2S/c1-8(9-4-5-9)11-7-10-3-2-6-14(10,12)13/h8-11H,2-7H2,1H3. The van der Waals surface area contributed by atoms with Crippen molar-refractivity contribution in [2.45, 2.75) is 43.9 Å². The van der Waals surface area contributed by atoms with E-state index in [4.69, 9.17) is 0 Å². The summed E-state index contributed by atoms with van der Waals surface area (Å²) in [5, 5.41) is 3.26. The first-order valence-electron chi connectivity index (χ1n) is 5.54. The predicted molar refractivity (Wildman–Crippen MR) is 57.0 cm³/mol. The Morgan fingerprint density at radius 1 is 1.36 bits per heavy atom. The zero-order valence-electron chi connectivity index (χ0n) is 8.70. The van der Waals surface area contributed by atoms with E-state index in [1.807, 2.05) is 0 Å². The molecule has 2 fully saturated rings. The lowest BCUT2D eigenvalue weighted by Crippen LogP contribution is -2.36. The molecule has 14 heavy (non-hydrogen) atoms. The number of nitrogens with one attached hydrogen (secondary N) is 1. The summed E-state index contributed by atoms with van der Waals surface area (Å²) in [7, 11) is -2.75. The van der Waals surface area contributed by atoms with Gasteiger partial charge in [-0.3, -0.25) is 0 Å².